The Morgan fingerprint density at radius 1 is 1.18 bits per heavy atom. The molecule has 0 saturated heterocycles. The van der Waals surface area contributed by atoms with E-state index in [-0.39, 0.29) is 10.8 Å². The molecule has 0 radical (unpaired) electrons. The van der Waals surface area contributed by atoms with E-state index in [9.17, 15) is 22.8 Å². The van der Waals surface area contributed by atoms with Gasteiger partial charge in [-0.1, -0.05) is 48.2 Å². The molecule has 0 aliphatic rings. The molecule has 10 heteroatoms. The van der Waals surface area contributed by atoms with Gasteiger partial charge in [-0.2, -0.15) is 13.2 Å². The fourth-order valence-electron chi connectivity index (χ4n) is 2.43. The number of nitrogens with one attached hydrogen (secondary N) is 2. The summed E-state index contributed by atoms with van der Waals surface area (Å²) < 4.78 is 40.0. The van der Waals surface area contributed by atoms with Gasteiger partial charge in [-0.3, -0.25) is 9.36 Å². The van der Waals surface area contributed by atoms with Crippen molar-refractivity contribution < 1.29 is 18.0 Å². The second-order valence-corrected chi connectivity index (χ2v) is 6.92. The summed E-state index contributed by atoms with van der Waals surface area (Å²) in [5.74, 6) is -0.536. The van der Waals surface area contributed by atoms with Crippen molar-refractivity contribution in [3.05, 3.63) is 76.2 Å². The molecule has 1 heterocycles. The fourth-order valence-corrected chi connectivity index (χ4v) is 3.43. The molecule has 3 aromatic rings. The second kappa shape index (κ2) is 7.93. The van der Waals surface area contributed by atoms with Gasteiger partial charge < -0.3 is 5.32 Å². The number of amides is 1. The molecule has 2 N–H and O–H groups in total. The van der Waals surface area contributed by atoms with E-state index in [1.54, 1.807) is 30.3 Å². The number of nitrogens with zero attached hydrogens (tertiary/aromatic N) is 2. The minimum atomic E-state index is -4.51. The van der Waals surface area contributed by atoms with Crippen molar-refractivity contribution in [3.63, 3.8) is 0 Å². The zero-order chi connectivity index (χ0) is 20.3. The van der Waals surface area contributed by atoms with Crippen LogP contribution in [0.1, 0.15) is 16.4 Å². The Morgan fingerprint density at radius 2 is 1.89 bits per heavy atom. The Bertz CT molecular complexity index is 1030. The van der Waals surface area contributed by atoms with Gasteiger partial charge in [-0.25, -0.2) is 9.89 Å². The van der Waals surface area contributed by atoms with Crippen LogP contribution in [-0.2, 0) is 18.0 Å². The van der Waals surface area contributed by atoms with Crippen molar-refractivity contribution in [2.45, 2.75) is 16.6 Å². The summed E-state index contributed by atoms with van der Waals surface area (Å²) >= 11 is 1.01. The summed E-state index contributed by atoms with van der Waals surface area (Å²) in [6.07, 6.45) is -4.51. The molecule has 0 bridgehead atoms. The number of H-pyrrole nitrogens is 1. The molecule has 2 aromatic carbocycles. The minimum Gasteiger partial charge on any atom is -0.325 e. The molecule has 3 rings (SSSR count). The number of benzene rings is 2. The lowest BCUT2D eigenvalue weighted by atomic mass is 10.1. The van der Waals surface area contributed by atoms with E-state index in [0.29, 0.717) is 5.56 Å². The number of hydrogen-bond acceptors (Lipinski definition) is 4. The van der Waals surface area contributed by atoms with Gasteiger partial charge in [0, 0.05) is 12.7 Å². The maximum Gasteiger partial charge on any atom is 0.416 e. The number of thioether (sulfide) groups is 1. The van der Waals surface area contributed by atoms with Crippen LogP contribution in [0.5, 0.6) is 0 Å². The summed E-state index contributed by atoms with van der Waals surface area (Å²) in [5.41, 5.74) is -0.652. The maximum absolute atomic E-state index is 12.9. The van der Waals surface area contributed by atoms with Crippen LogP contribution in [0.3, 0.4) is 0 Å². The zero-order valence-electron chi connectivity index (χ0n) is 14.5. The van der Waals surface area contributed by atoms with E-state index in [4.69, 9.17) is 0 Å². The van der Waals surface area contributed by atoms with Crippen LogP contribution in [0.4, 0.5) is 18.9 Å². The molecule has 28 heavy (non-hydrogen) atoms. The van der Waals surface area contributed by atoms with Crippen LogP contribution in [0.25, 0.3) is 0 Å². The standard InChI is InChI=1S/C18H15F3N4O2S/c1-25-16(27)23-24-17(25)28-14(11-6-3-2-4-7-11)15(26)22-13-9-5-8-12(10-13)18(19,20)21/h2-10,14H,1H3,(H,22,26)(H,23,27)/t14-/m1/s1. The van der Waals surface area contributed by atoms with Gasteiger partial charge in [0.15, 0.2) is 5.16 Å². The largest absolute Gasteiger partial charge is 0.416 e. The predicted octanol–water partition coefficient (Wildman–Crippen LogP) is 3.60. The SMILES string of the molecule is Cn1c(S[C@@H](C(=O)Nc2cccc(C(F)(F)F)c2)c2ccccc2)n[nH]c1=O. The Kier molecular flexibility index (Phi) is 5.59. The average molecular weight is 408 g/mol. The van der Waals surface area contributed by atoms with Crippen LogP contribution in [-0.4, -0.2) is 20.7 Å². The number of halogens is 3. The number of hydrogen-bond donors (Lipinski definition) is 2. The fraction of sp³-hybridized carbons (Fsp3) is 0.167. The first-order valence-corrected chi connectivity index (χ1v) is 8.95. The third-order valence-electron chi connectivity index (χ3n) is 3.86. The monoisotopic (exact) mass is 408 g/mol. The highest BCUT2D eigenvalue weighted by Crippen LogP contribution is 2.35. The first-order valence-electron chi connectivity index (χ1n) is 8.07. The predicted molar refractivity (Wildman–Crippen MR) is 98.9 cm³/mol. The molecule has 146 valence electrons. The van der Waals surface area contributed by atoms with Gasteiger partial charge >= 0.3 is 11.9 Å². The van der Waals surface area contributed by atoms with E-state index in [1.807, 2.05) is 0 Å². The third-order valence-corrected chi connectivity index (χ3v) is 5.16. The Labute approximate surface area is 161 Å². The Hall–Kier alpha value is -3.01. The van der Waals surface area contributed by atoms with Gasteiger partial charge in [0.1, 0.15) is 5.25 Å². The molecular formula is C18H15F3N4O2S. The van der Waals surface area contributed by atoms with Gasteiger partial charge in [-0.15, -0.1) is 5.10 Å². The average Bonchev–Trinajstić information content (AvgIpc) is 2.98. The molecule has 6 nitrogen and oxygen atoms in total. The molecular weight excluding hydrogens is 393 g/mol. The van der Waals surface area contributed by atoms with Crippen molar-refractivity contribution in [1.29, 1.82) is 0 Å². The van der Waals surface area contributed by atoms with Gasteiger partial charge in [0.2, 0.25) is 5.91 Å². The molecule has 0 spiro atoms. The lowest BCUT2D eigenvalue weighted by molar-refractivity contribution is -0.137. The summed E-state index contributed by atoms with van der Waals surface area (Å²) in [4.78, 5) is 24.4. The van der Waals surface area contributed by atoms with Crippen molar-refractivity contribution in [2.24, 2.45) is 7.05 Å². The van der Waals surface area contributed by atoms with Crippen molar-refractivity contribution in [2.75, 3.05) is 5.32 Å². The first kappa shape index (κ1) is 19.7. The highest BCUT2D eigenvalue weighted by atomic mass is 32.2. The lowest BCUT2D eigenvalue weighted by Crippen LogP contribution is -2.20. The molecule has 1 atom stereocenters. The molecule has 0 saturated carbocycles. The van der Waals surface area contributed by atoms with Gasteiger partial charge in [0.25, 0.3) is 0 Å². The molecule has 1 amide bonds. The highest BCUT2D eigenvalue weighted by Gasteiger charge is 2.31. The molecule has 0 unspecified atom stereocenters. The third kappa shape index (κ3) is 4.45. The molecule has 1 aromatic heterocycles. The quantitative estimate of drug-likeness (QED) is 0.633. The number of rotatable bonds is 5. The summed E-state index contributed by atoms with van der Waals surface area (Å²) in [7, 11) is 1.50. The zero-order valence-corrected chi connectivity index (χ0v) is 15.3. The van der Waals surface area contributed by atoms with Crippen molar-refractivity contribution in [1.82, 2.24) is 14.8 Å². The Morgan fingerprint density at radius 3 is 2.50 bits per heavy atom. The van der Waals surface area contributed by atoms with Crippen LogP contribution < -0.4 is 11.0 Å². The normalized spacial score (nSPS) is 12.6. The molecule has 0 aliphatic heterocycles. The van der Waals surface area contributed by atoms with E-state index >= 15 is 0 Å². The number of alkyl halides is 3. The Balaban J connectivity index is 1.89. The summed E-state index contributed by atoms with van der Waals surface area (Å²) in [6, 6.07) is 13.1. The first-order chi connectivity index (χ1) is 13.3. The molecule has 0 fully saturated rings. The number of aromatic amines is 1. The van der Waals surface area contributed by atoms with E-state index in [0.717, 1.165) is 23.9 Å². The lowest BCUT2D eigenvalue weighted by Gasteiger charge is -2.17. The highest BCUT2D eigenvalue weighted by molar-refractivity contribution is 8.00. The number of anilines is 1. The molecule has 0 aliphatic carbocycles. The van der Waals surface area contributed by atoms with Gasteiger partial charge in [0.05, 0.1) is 5.56 Å². The van der Waals surface area contributed by atoms with Crippen molar-refractivity contribution in [3.8, 4) is 0 Å². The maximum atomic E-state index is 12.9. The number of carbonyl (C=O) groups excluding carboxylic acids is 1. The topological polar surface area (TPSA) is 79.8 Å². The van der Waals surface area contributed by atoms with Crippen LogP contribution in [0, 0.1) is 0 Å². The van der Waals surface area contributed by atoms with Gasteiger partial charge in [-0.05, 0) is 23.8 Å². The number of aromatic nitrogens is 3. The smallest absolute Gasteiger partial charge is 0.325 e. The van der Waals surface area contributed by atoms with E-state index in [2.05, 4.69) is 15.5 Å². The summed E-state index contributed by atoms with van der Waals surface area (Å²) in [5, 5.41) is 8.12. The summed E-state index contributed by atoms with van der Waals surface area (Å²) in [6.45, 7) is 0. The van der Waals surface area contributed by atoms with Crippen LogP contribution in [0.15, 0.2) is 64.5 Å². The van der Waals surface area contributed by atoms with E-state index in [1.165, 1.54) is 23.7 Å². The number of carbonyl (C=O) groups is 1. The van der Waals surface area contributed by atoms with E-state index < -0.39 is 28.6 Å². The second-order valence-electron chi connectivity index (χ2n) is 5.85. The van der Waals surface area contributed by atoms with Crippen LogP contribution >= 0.6 is 11.8 Å². The van der Waals surface area contributed by atoms with Crippen molar-refractivity contribution >= 4 is 23.4 Å². The van der Waals surface area contributed by atoms with Crippen LogP contribution in [0.2, 0.25) is 0 Å². The minimum absolute atomic E-state index is 0.0253.